The van der Waals surface area contributed by atoms with Crippen LogP contribution in [0, 0.1) is 17.5 Å². The first kappa shape index (κ1) is 26.3. The lowest BCUT2D eigenvalue weighted by Crippen LogP contribution is -2.58. The third-order valence-electron chi connectivity index (χ3n) is 7.94. The van der Waals surface area contributed by atoms with Gasteiger partial charge in [-0.2, -0.15) is 4.39 Å². The Bertz CT molecular complexity index is 1180. The smallest absolute Gasteiger partial charge is 0.410 e. The number of thiophene rings is 1. The predicted octanol–water partition coefficient (Wildman–Crippen LogP) is 6.72. The maximum absolute atomic E-state index is 13.7. The number of para-hydroxylation sites is 1. The number of amides is 1. The van der Waals surface area contributed by atoms with Crippen molar-refractivity contribution in [2.24, 2.45) is 5.41 Å². The number of hydrogen-bond donors (Lipinski definition) is 1. The fourth-order valence-corrected chi connectivity index (χ4v) is 5.97. The summed E-state index contributed by atoms with van der Waals surface area (Å²) in [5.41, 5.74) is 1.14. The van der Waals surface area contributed by atoms with Crippen LogP contribution in [0.1, 0.15) is 56.7 Å². The molecule has 0 bridgehead atoms. The lowest BCUT2D eigenvalue weighted by Gasteiger charge is -2.46. The van der Waals surface area contributed by atoms with Gasteiger partial charge in [-0.15, -0.1) is 11.3 Å². The highest BCUT2D eigenvalue weighted by molar-refractivity contribution is 7.10. The first-order chi connectivity index (χ1) is 17.0. The molecule has 1 aliphatic heterocycles. The number of nitrogens with one attached hydrogen (secondary N) is 1. The van der Waals surface area contributed by atoms with Crippen molar-refractivity contribution in [3.05, 3.63) is 82.1 Å². The molecule has 3 aromatic rings. The molecular formula is C29H36FN3O2S. The SMILES string of the molecule is Cc1ccc(C(C)(C)N2CCC(CCc3ccc(F)s3)(C(C)(C)NC(=O)Oc3ccccc3)C2)cn1. The molecule has 1 N–H and O–H groups in total. The molecule has 0 radical (unpaired) electrons. The molecule has 1 saturated heterocycles. The van der Waals surface area contributed by atoms with E-state index in [4.69, 9.17) is 4.74 Å². The van der Waals surface area contributed by atoms with Crippen molar-refractivity contribution in [3.8, 4) is 5.75 Å². The third-order valence-corrected chi connectivity index (χ3v) is 8.87. The molecule has 1 unspecified atom stereocenters. The fraction of sp³-hybridized carbons (Fsp3) is 0.448. The van der Waals surface area contributed by atoms with Gasteiger partial charge in [0.25, 0.3) is 0 Å². The van der Waals surface area contributed by atoms with Crippen LogP contribution in [0.5, 0.6) is 5.75 Å². The lowest BCUT2D eigenvalue weighted by atomic mass is 9.67. The number of likely N-dealkylation sites (tertiary alicyclic amines) is 1. The zero-order valence-corrected chi connectivity index (χ0v) is 22.6. The quantitative estimate of drug-likeness (QED) is 0.366. The van der Waals surface area contributed by atoms with Crippen molar-refractivity contribution < 1.29 is 13.9 Å². The Labute approximate surface area is 217 Å². The van der Waals surface area contributed by atoms with Crippen molar-refractivity contribution in [2.45, 2.75) is 65.0 Å². The third kappa shape index (κ3) is 5.62. The normalized spacial score (nSPS) is 18.8. The minimum absolute atomic E-state index is 0.163. The molecule has 192 valence electrons. The van der Waals surface area contributed by atoms with E-state index in [2.05, 4.69) is 55.0 Å². The van der Waals surface area contributed by atoms with Crippen LogP contribution in [0.15, 0.2) is 60.8 Å². The molecule has 2 aromatic heterocycles. The van der Waals surface area contributed by atoms with Gasteiger partial charge < -0.3 is 10.1 Å². The molecule has 36 heavy (non-hydrogen) atoms. The number of carbonyl (C=O) groups is 1. The van der Waals surface area contributed by atoms with E-state index < -0.39 is 11.6 Å². The Hall–Kier alpha value is -2.77. The first-order valence-electron chi connectivity index (χ1n) is 12.5. The van der Waals surface area contributed by atoms with Crippen LogP contribution in [0.2, 0.25) is 0 Å². The highest BCUT2D eigenvalue weighted by Gasteiger charge is 2.52. The summed E-state index contributed by atoms with van der Waals surface area (Å²) in [4.78, 5) is 21.0. The zero-order chi connectivity index (χ0) is 26.0. The molecule has 0 aliphatic carbocycles. The number of halogens is 1. The van der Waals surface area contributed by atoms with Gasteiger partial charge in [-0.3, -0.25) is 9.88 Å². The van der Waals surface area contributed by atoms with Gasteiger partial charge in [0.1, 0.15) is 5.75 Å². The number of benzene rings is 1. The molecule has 1 aromatic carbocycles. The van der Waals surface area contributed by atoms with Crippen LogP contribution in [0.25, 0.3) is 0 Å². The topological polar surface area (TPSA) is 54.5 Å². The molecular weight excluding hydrogens is 473 g/mol. The Kier molecular flexibility index (Phi) is 7.53. The monoisotopic (exact) mass is 509 g/mol. The van der Waals surface area contributed by atoms with Gasteiger partial charge in [0.2, 0.25) is 0 Å². The van der Waals surface area contributed by atoms with E-state index in [-0.39, 0.29) is 16.1 Å². The largest absolute Gasteiger partial charge is 0.413 e. The summed E-state index contributed by atoms with van der Waals surface area (Å²) in [5, 5.41) is 3.01. The molecule has 0 saturated carbocycles. The maximum Gasteiger partial charge on any atom is 0.413 e. The Morgan fingerprint density at radius 2 is 1.89 bits per heavy atom. The highest BCUT2D eigenvalue weighted by Crippen LogP contribution is 2.48. The average Bonchev–Trinajstić information content (AvgIpc) is 3.46. The standard InChI is InChI=1S/C29H36FN3O2S/c1-21-11-12-22(19-31-21)27(2,3)33-18-17-29(20-33,16-15-24-13-14-25(30)36-24)28(4,5)32-26(34)35-23-9-7-6-8-10-23/h6-14,19H,15-18,20H2,1-5H3,(H,32,34). The van der Waals surface area contributed by atoms with Crippen molar-refractivity contribution in [3.63, 3.8) is 0 Å². The lowest BCUT2D eigenvalue weighted by molar-refractivity contribution is 0.0732. The Balaban J connectivity index is 1.57. The second-order valence-corrected chi connectivity index (χ2v) is 12.0. The molecule has 0 spiro atoms. The van der Waals surface area contributed by atoms with Crippen LogP contribution in [-0.4, -0.2) is 34.6 Å². The highest BCUT2D eigenvalue weighted by atomic mass is 32.1. The molecule has 1 aliphatic rings. The van der Waals surface area contributed by atoms with Crippen LogP contribution in [-0.2, 0) is 12.0 Å². The van der Waals surface area contributed by atoms with Gasteiger partial charge in [-0.25, -0.2) is 4.79 Å². The Morgan fingerprint density at radius 1 is 1.14 bits per heavy atom. The molecule has 1 fully saturated rings. The van der Waals surface area contributed by atoms with Crippen molar-refractivity contribution in [2.75, 3.05) is 13.1 Å². The number of carbonyl (C=O) groups excluding carboxylic acids is 1. The summed E-state index contributed by atoms with van der Waals surface area (Å²) >= 11 is 1.20. The van der Waals surface area contributed by atoms with Gasteiger partial charge in [0.15, 0.2) is 5.13 Å². The summed E-state index contributed by atoms with van der Waals surface area (Å²) < 4.78 is 19.3. The first-order valence-corrected chi connectivity index (χ1v) is 13.3. The second-order valence-electron chi connectivity index (χ2n) is 10.9. The number of ether oxygens (including phenoxy) is 1. The summed E-state index contributed by atoms with van der Waals surface area (Å²) in [6, 6.07) is 16.7. The predicted molar refractivity (Wildman–Crippen MR) is 143 cm³/mol. The average molecular weight is 510 g/mol. The van der Waals surface area contributed by atoms with E-state index in [1.165, 1.54) is 23.0 Å². The maximum atomic E-state index is 13.7. The number of pyridine rings is 1. The molecule has 4 rings (SSSR count). The molecule has 3 heterocycles. The van der Waals surface area contributed by atoms with Crippen molar-refractivity contribution in [1.82, 2.24) is 15.2 Å². The van der Waals surface area contributed by atoms with Gasteiger partial charge >= 0.3 is 6.09 Å². The minimum Gasteiger partial charge on any atom is -0.410 e. The van der Waals surface area contributed by atoms with E-state index in [1.54, 1.807) is 12.1 Å². The summed E-state index contributed by atoms with van der Waals surface area (Å²) in [5.74, 6) is 0.509. The molecule has 5 nitrogen and oxygen atoms in total. The summed E-state index contributed by atoms with van der Waals surface area (Å²) in [7, 11) is 0. The van der Waals surface area contributed by atoms with Gasteiger partial charge in [0, 0.05) is 39.8 Å². The minimum atomic E-state index is -0.564. The zero-order valence-electron chi connectivity index (χ0n) is 21.8. The van der Waals surface area contributed by atoms with E-state index in [0.717, 1.165) is 42.9 Å². The van der Waals surface area contributed by atoms with Gasteiger partial charge in [-0.1, -0.05) is 24.3 Å². The second kappa shape index (κ2) is 10.3. The summed E-state index contributed by atoms with van der Waals surface area (Å²) in [6.07, 6.45) is 3.98. The number of aryl methyl sites for hydroxylation is 2. The van der Waals surface area contributed by atoms with Crippen LogP contribution in [0.4, 0.5) is 9.18 Å². The molecule has 1 atom stereocenters. The number of rotatable bonds is 8. The van der Waals surface area contributed by atoms with Gasteiger partial charge in [0.05, 0.1) is 0 Å². The number of hydrogen-bond acceptors (Lipinski definition) is 5. The molecule has 7 heteroatoms. The van der Waals surface area contributed by atoms with Crippen LogP contribution < -0.4 is 10.1 Å². The van der Waals surface area contributed by atoms with Gasteiger partial charge in [-0.05, 0) is 96.3 Å². The van der Waals surface area contributed by atoms with E-state index in [1.807, 2.05) is 37.4 Å². The van der Waals surface area contributed by atoms with Crippen molar-refractivity contribution >= 4 is 17.4 Å². The summed E-state index contributed by atoms with van der Waals surface area (Å²) in [6.45, 7) is 12.3. The van der Waals surface area contributed by atoms with Crippen LogP contribution >= 0.6 is 11.3 Å². The molecule has 1 amide bonds. The van der Waals surface area contributed by atoms with Crippen molar-refractivity contribution in [1.29, 1.82) is 0 Å². The fourth-order valence-electron chi connectivity index (χ4n) is 5.25. The van der Waals surface area contributed by atoms with E-state index in [0.29, 0.717) is 5.75 Å². The van der Waals surface area contributed by atoms with E-state index in [9.17, 15) is 9.18 Å². The van der Waals surface area contributed by atoms with Crippen LogP contribution in [0.3, 0.4) is 0 Å². The number of nitrogens with zero attached hydrogens (tertiary/aromatic N) is 2. The number of aromatic nitrogens is 1. The van der Waals surface area contributed by atoms with E-state index >= 15 is 0 Å². The Morgan fingerprint density at radius 3 is 2.53 bits per heavy atom.